The highest BCUT2D eigenvalue weighted by Crippen LogP contribution is 2.39. The summed E-state index contributed by atoms with van der Waals surface area (Å²) in [4.78, 5) is 25.4. The highest BCUT2D eigenvalue weighted by molar-refractivity contribution is 7.99. The summed E-state index contributed by atoms with van der Waals surface area (Å²) in [5.41, 5.74) is 8.73. The number of aryl methyl sites for hydroxylation is 1. The zero-order valence-electron chi connectivity index (χ0n) is 15.2. The van der Waals surface area contributed by atoms with Gasteiger partial charge in [0, 0.05) is 21.2 Å². The van der Waals surface area contributed by atoms with Gasteiger partial charge in [0.25, 0.3) is 5.91 Å². The summed E-state index contributed by atoms with van der Waals surface area (Å²) < 4.78 is 0. The molecule has 0 aliphatic heterocycles. The fourth-order valence-corrected chi connectivity index (χ4v) is 4.96. The third kappa shape index (κ3) is 4.95. The van der Waals surface area contributed by atoms with Gasteiger partial charge in [0.1, 0.15) is 5.00 Å². The van der Waals surface area contributed by atoms with Crippen molar-refractivity contribution in [2.24, 2.45) is 5.73 Å². The summed E-state index contributed by atoms with van der Waals surface area (Å²) in [6.07, 6.45) is 0. The van der Waals surface area contributed by atoms with Crippen LogP contribution in [0.2, 0.25) is 5.02 Å². The van der Waals surface area contributed by atoms with Crippen molar-refractivity contribution in [1.82, 2.24) is 0 Å². The Kier molecular flexibility index (Phi) is 6.78. The molecule has 0 saturated heterocycles. The van der Waals surface area contributed by atoms with Crippen molar-refractivity contribution in [2.75, 3.05) is 11.1 Å². The number of benzene rings is 2. The van der Waals surface area contributed by atoms with Gasteiger partial charge in [-0.2, -0.15) is 0 Å². The van der Waals surface area contributed by atoms with Crippen LogP contribution >= 0.6 is 34.7 Å². The van der Waals surface area contributed by atoms with Crippen LogP contribution in [0.4, 0.5) is 5.00 Å². The smallest absolute Gasteiger partial charge is 0.252 e. The predicted molar refractivity (Wildman–Crippen MR) is 119 cm³/mol. The Hall–Kier alpha value is -2.28. The molecule has 2 amide bonds. The molecule has 28 heavy (non-hydrogen) atoms. The second kappa shape index (κ2) is 9.28. The molecule has 7 heteroatoms. The molecule has 0 radical (unpaired) electrons. The van der Waals surface area contributed by atoms with Crippen LogP contribution in [0.1, 0.15) is 20.8 Å². The molecule has 1 aromatic heterocycles. The number of thiophene rings is 1. The van der Waals surface area contributed by atoms with Crippen LogP contribution in [0.25, 0.3) is 11.1 Å². The van der Waals surface area contributed by atoms with Crippen molar-refractivity contribution in [3.05, 3.63) is 75.6 Å². The van der Waals surface area contributed by atoms with Crippen LogP contribution in [-0.2, 0) is 10.5 Å². The summed E-state index contributed by atoms with van der Waals surface area (Å²) in [6.45, 7) is 1.92. The lowest BCUT2D eigenvalue weighted by Gasteiger charge is -2.07. The Morgan fingerprint density at radius 1 is 1.14 bits per heavy atom. The molecule has 0 atom stereocenters. The summed E-state index contributed by atoms with van der Waals surface area (Å²) in [5.74, 6) is 0.220. The van der Waals surface area contributed by atoms with Crippen molar-refractivity contribution < 1.29 is 9.59 Å². The number of rotatable bonds is 7. The number of amides is 2. The second-order valence-electron chi connectivity index (χ2n) is 6.14. The zero-order valence-corrected chi connectivity index (χ0v) is 17.6. The van der Waals surface area contributed by atoms with Gasteiger partial charge in [-0.3, -0.25) is 9.59 Å². The van der Waals surface area contributed by atoms with Crippen LogP contribution in [0.3, 0.4) is 0 Å². The Balaban J connectivity index is 1.71. The van der Waals surface area contributed by atoms with Gasteiger partial charge in [-0.05, 0) is 30.2 Å². The number of nitrogens with two attached hydrogens (primary N) is 1. The molecular weight excluding hydrogens is 412 g/mol. The van der Waals surface area contributed by atoms with Gasteiger partial charge in [0.2, 0.25) is 5.91 Å². The number of thioether (sulfide) groups is 1. The quantitative estimate of drug-likeness (QED) is 0.530. The Bertz CT molecular complexity index is 1000. The minimum atomic E-state index is -0.551. The number of primary amides is 1. The minimum absolute atomic E-state index is 0.171. The minimum Gasteiger partial charge on any atom is -0.365 e. The van der Waals surface area contributed by atoms with Crippen molar-refractivity contribution >= 4 is 51.5 Å². The number of carbonyl (C=O) groups is 2. The predicted octanol–water partition coefficient (Wildman–Crippen LogP) is 5.35. The first-order chi connectivity index (χ1) is 13.5. The lowest BCUT2D eigenvalue weighted by Crippen LogP contribution is -2.18. The molecule has 3 N–H and O–H groups in total. The molecule has 2 aromatic carbocycles. The molecule has 0 fully saturated rings. The van der Waals surface area contributed by atoms with E-state index in [0.717, 1.165) is 21.6 Å². The van der Waals surface area contributed by atoms with Gasteiger partial charge >= 0.3 is 0 Å². The number of hydrogen-bond acceptors (Lipinski definition) is 4. The average Bonchev–Trinajstić information content (AvgIpc) is 2.98. The van der Waals surface area contributed by atoms with Crippen molar-refractivity contribution in [2.45, 2.75) is 12.7 Å². The van der Waals surface area contributed by atoms with Gasteiger partial charge in [-0.1, -0.05) is 54.1 Å². The monoisotopic (exact) mass is 430 g/mol. The highest BCUT2D eigenvalue weighted by atomic mass is 35.5. The number of halogens is 1. The number of hydrogen-bond donors (Lipinski definition) is 2. The number of anilines is 1. The molecule has 0 saturated carbocycles. The average molecular weight is 431 g/mol. The Morgan fingerprint density at radius 2 is 1.89 bits per heavy atom. The van der Waals surface area contributed by atoms with Crippen molar-refractivity contribution in [3.63, 3.8) is 0 Å². The molecule has 4 nitrogen and oxygen atoms in total. The van der Waals surface area contributed by atoms with Crippen LogP contribution in [-0.4, -0.2) is 17.6 Å². The number of carbonyl (C=O) groups excluding carboxylic acids is 2. The fourth-order valence-electron chi connectivity index (χ4n) is 2.87. The summed E-state index contributed by atoms with van der Waals surface area (Å²) in [5, 5.41) is 4.03. The first-order valence-electron chi connectivity index (χ1n) is 8.56. The van der Waals surface area contributed by atoms with Crippen LogP contribution in [0.5, 0.6) is 0 Å². The molecular formula is C21H19ClN2O2S2. The van der Waals surface area contributed by atoms with E-state index in [4.69, 9.17) is 17.3 Å². The normalized spacial score (nSPS) is 10.6. The van der Waals surface area contributed by atoms with E-state index in [9.17, 15) is 9.59 Å². The lowest BCUT2D eigenvalue weighted by molar-refractivity contribution is -0.113. The van der Waals surface area contributed by atoms with E-state index in [2.05, 4.69) is 5.32 Å². The van der Waals surface area contributed by atoms with E-state index in [-0.39, 0.29) is 11.7 Å². The van der Waals surface area contributed by atoms with Gasteiger partial charge in [0.15, 0.2) is 0 Å². The molecule has 3 rings (SSSR count). The summed E-state index contributed by atoms with van der Waals surface area (Å²) in [7, 11) is 0. The van der Waals surface area contributed by atoms with E-state index in [0.29, 0.717) is 21.3 Å². The first-order valence-corrected chi connectivity index (χ1v) is 10.9. The van der Waals surface area contributed by atoms with E-state index in [1.54, 1.807) is 0 Å². The molecule has 3 aromatic rings. The Morgan fingerprint density at radius 3 is 2.57 bits per heavy atom. The van der Waals surface area contributed by atoms with E-state index in [1.165, 1.54) is 23.1 Å². The van der Waals surface area contributed by atoms with Crippen LogP contribution < -0.4 is 11.1 Å². The lowest BCUT2D eigenvalue weighted by atomic mass is 10.0. The van der Waals surface area contributed by atoms with Crippen LogP contribution in [0, 0.1) is 6.92 Å². The van der Waals surface area contributed by atoms with E-state index >= 15 is 0 Å². The molecule has 0 spiro atoms. The molecule has 0 unspecified atom stereocenters. The molecule has 0 aliphatic rings. The Labute approximate surface area is 177 Å². The maximum atomic E-state index is 12.4. The van der Waals surface area contributed by atoms with Gasteiger partial charge in [0.05, 0.1) is 11.3 Å². The van der Waals surface area contributed by atoms with Gasteiger partial charge in [-0.15, -0.1) is 23.1 Å². The highest BCUT2D eigenvalue weighted by Gasteiger charge is 2.22. The molecule has 0 aliphatic carbocycles. The third-order valence-corrected chi connectivity index (χ3v) is 6.30. The molecule has 0 bridgehead atoms. The summed E-state index contributed by atoms with van der Waals surface area (Å²) in [6, 6.07) is 17.1. The SMILES string of the molecule is Cc1sc(NC(=O)CSCc2cccc(Cl)c2)c(C(N)=O)c1-c1ccccc1. The van der Waals surface area contributed by atoms with Gasteiger partial charge < -0.3 is 11.1 Å². The zero-order chi connectivity index (χ0) is 20.1. The molecule has 144 valence electrons. The number of nitrogens with one attached hydrogen (secondary N) is 1. The standard InChI is InChI=1S/C21H19ClN2O2S2/c1-13-18(15-7-3-2-4-8-15)19(20(23)26)21(28-13)24-17(25)12-27-11-14-6-5-9-16(22)10-14/h2-10H,11-12H2,1H3,(H2,23,26)(H,24,25). The van der Waals surface area contributed by atoms with Crippen LogP contribution in [0.15, 0.2) is 54.6 Å². The van der Waals surface area contributed by atoms with Gasteiger partial charge in [-0.25, -0.2) is 0 Å². The third-order valence-electron chi connectivity index (χ3n) is 4.04. The topological polar surface area (TPSA) is 72.2 Å². The fraction of sp³-hybridized carbons (Fsp3) is 0.143. The summed E-state index contributed by atoms with van der Waals surface area (Å²) >= 11 is 8.82. The maximum absolute atomic E-state index is 12.4. The van der Waals surface area contributed by atoms with E-state index in [1.807, 2.05) is 61.5 Å². The van der Waals surface area contributed by atoms with Crippen molar-refractivity contribution in [3.8, 4) is 11.1 Å². The first kappa shape index (κ1) is 20.5. The maximum Gasteiger partial charge on any atom is 0.252 e. The molecule has 1 heterocycles. The van der Waals surface area contributed by atoms with Crippen molar-refractivity contribution in [1.29, 1.82) is 0 Å². The largest absolute Gasteiger partial charge is 0.365 e. The van der Waals surface area contributed by atoms with E-state index < -0.39 is 5.91 Å². The second-order valence-corrected chi connectivity index (χ2v) is 8.79.